The Morgan fingerprint density at radius 2 is 2.00 bits per heavy atom. The molecule has 1 aromatic carbocycles. The van der Waals surface area contributed by atoms with Crippen molar-refractivity contribution in [3.05, 3.63) is 23.0 Å². The van der Waals surface area contributed by atoms with Crippen LogP contribution in [0.5, 0.6) is 11.5 Å². The summed E-state index contributed by atoms with van der Waals surface area (Å²) in [4.78, 5) is 10.2. The molecule has 1 rings (SSSR count). The fourth-order valence-electron chi connectivity index (χ4n) is 0.872. The van der Waals surface area contributed by atoms with Crippen molar-refractivity contribution < 1.29 is 19.4 Å². The van der Waals surface area contributed by atoms with Crippen LogP contribution in [0.4, 0.5) is 4.39 Å². The number of hydrogen-bond donors (Lipinski definition) is 2. The van der Waals surface area contributed by atoms with E-state index < -0.39 is 17.3 Å². The van der Waals surface area contributed by atoms with Gasteiger partial charge >= 0.3 is 0 Å². The first-order chi connectivity index (χ1) is 5.57. The number of aromatic hydroxyl groups is 2. The van der Waals surface area contributed by atoms with E-state index >= 15 is 0 Å². The van der Waals surface area contributed by atoms with Crippen LogP contribution in [0.15, 0.2) is 6.07 Å². The van der Waals surface area contributed by atoms with Crippen molar-refractivity contribution in [3.63, 3.8) is 0 Å². The van der Waals surface area contributed by atoms with Gasteiger partial charge in [0.25, 0.3) is 0 Å². The summed E-state index contributed by atoms with van der Waals surface area (Å²) < 4.78 is 12.8. The lowest BCUT2D eigenvalue weighted by atomic mass is 10.1. The third kappa shape index (κ3) is 1.11. The number of hydrogen-bond acceptors (Lipinski definition) is 3. The van der Waals surface area contributed by atoms with Gasteiger partial charge in [0.2, 0.25) is 5.82 Å². The van der Waals surface area contributed by atoms with Crippen molar-refractivity contribution >= 4 is 6.29 Å². The Morgan fingerprint density at radius 3 is 2.50 bits per heavy atom. The Kier molecular flexibility index (Phi) is 1.99. The fourth-order valence-corrected chi connectivity index (χ4v) is 0.872. The molecular weight excluding hydrogens is 163 g/mol. The smallest absolute Gasteiger partial charge is 0.207 e. The molecule has 3 nitrogen and oxygen atoms in total. The van der Waals surface area contributed by atoms with E-state index in [0.29, 0.717) is 6.29 Å². The van der Waals surface area contributed by atoms with Crippen LogP contribution in [-0.2, 0) is 0 Å². The van der Waals surface area contributed by atoms with Crippen LogP contribution in [-0.4, -0.2) is 16.5 Å². The van der Waals surface area contributed by atoms with Crippen LogP contribution in [0.3, 0.4) is 0 Å². The number of benzene rings is 1. The first-order valence-corrected chi connectivity index (χ1v) is 3.24. The summed E-state index contributed by atoms with van der Waals surface area (Å²) in [6.45, 7) is 1.44. The molecule has 0 aliphatic heterocycles. The summed E-state index contributed by atoms with van der Waals surface area (Å²) in [5.41, 5.74) is 0.0511. The molecule has 4 heteroatoms. The Labute approximate surface area is 68.1 Å². The van der Waals surface area contributed by atoms with Crippen LogP contribution in [0, 0.1) is 12.7 Å². The van der Waals surface area contributed by atoms with E-state index in [2.05, 4.69) is 0 Å². The molecule has 0 fully saturated rings. The first kappa shape index (κ1) is 8.52. The Morgan fingerprint density at radius 1 is 1.42 bits per heavy atom. The molecule has 0 unspecified atom stereocenters. The molecule has 1 aromatic rings. The van der Waals surface area contributed by atoms with Crippen LogP contribution >= 0.6 is 0 Å². The molecule has 0 bridgehead atoms. The molecule has 0 aliphatic carbocycles. The van der Waals surface area contributed by atoms with Crippen LogP contribution in [0.1, 0.15) is 15.9 Å². The third-order valence-electron chi connectivity index (χ3n) is 1.56. The number of carbonyl (C=O) groups excluding carboxylic acids is 1. The number of carbonyl (C=O) groups is 1. The van der Waals surface area contributed by atoms with E-state index in [1.54, 1.807) is 0 Å². The van der Waals surface area contributed by atoms with Gasteiger partial charge in [0.15, 0.2) is 17.8 Å². The Balaban J connectivity index is 3.49. The van der Waals surface area contributed by atoms with Gasteiger partial charge < -0.3 is 10.2 Å². The lowest BCUT2D eigenvalue weighted by Crippen LogP contribution is -1.89. The summed E-state index contributed by atoms with van der Waals surface area (Å²) in [5.74, 6) is -2.59. The summed E-state index contributed by atoms with van der Waals surface area (Å²) >= 11 is 0. The number of aryl methyl sites for hydroxylation is 1. The topological polar surface area (TPSA) is 57.5 Å². The van der Waals surface area contributed by atoms with E-state index in [0.717, 1.165) is 0 Å². The maximum atomic E-state index is 12.8. The van der Waals surface area contributed by atoms with Gasteiger partial charge in [-0.15, -0.1) is 0 Å². The molecule has 12 heavy (non-hydrogen) atoms. The van der Waals surface area contributed by atoms with Crippen molar-refractivity contribution in [2.75, 3.05) is 0 Å². The van der Waals surface area contributed by atoms with E-state index in [9.17, 15) is 9.18 Å². The zero-order chi connectivity index (χ0) is 9.30. The monoisotopic (exact) mass is 170 g/mol. The molecule has 64 valence electrons. The number of rotatable bonds is 1. The molecule has 0 heterocycles. The minimum atomic E-state index is -1.16. The second kappa shape index (κ2) is 2.81. The average Bonchev–Trinajstić information content (AvgIpc) is 2.08. The fraction of sp³-hybridized carbons (Fsp3) is 0.125. The van der Waals surface area contributed by atoms with Gasteiger partial charge in [0.1, 0.15) is 0 Å². The molecule has 0 spiro atoms. The van der Waals surface area contributed by atoms with Crippen molar-refractivity contribution in [1.29, 1.82) is 0 Å². The average molecular weight is 170 g/mol. The lowest BCUT2D eigenvalue weighted by Gasteiger charge is -2.03. The van der Waals surface area contributed by atoms with Crippen molar-refractivity contribution in [3.8, 4) is 11.5 Å². The van der Waals surface area contributed by atoms with Crippen LogP contribution in [0.25, 0.3) is 0 Å². The Bertz CT molecular complexity index is 334. The van der Waals surface area contributed by atoms with Gasteiger partial charge in [-0.3, -0.25) is 4.79 Å². The van der Waals surface area contributed by atoms with Gasteiger partial charge in [0, 0.05) is 0 Å². The molecule has 0 aromatic heterocycles. The van der Waals surface area contributed by atoms with Crippen LogP contribution in [0.2, 0.25) is 0 Å². The molecule has 0 aliphatic rings. The van der Waals surface area contributed by atoms with E-state index in [-0.39, 0.29) is 11.1 Å². The highest BCUT2D eigenvalue weighted by Gasteiger charge is 2.13. The Hall–Kier alpha value is -1.58. The molecule has 0 atom stereocenters. The van der Waals surface area contributed by atoms with Gasteiger partial charge in [0.05, 0.1) is 5.56 Å². The zero-order valence-corrected chi connectivity index (χ0v) is 6.34. The normalized spacial score (nSPS) is 9.83. The van der Waals surface area contributed by atoms with E-state index in [1.165, 1.54) is 13.0 Å². The minimum Gasteiger partial charge on any atom is -0.505 e. The van der Waals surface area contributed by atoms with E-state index in [1.807, 2.05) is 0 Å². The predicted octanol–water partition coefficient (Wildman–Crippen LogP) is 1.36. The largest absolute Gasteiger partial charge is 0.505 e. The zero-order valence-electron chi connectivity index (χ0n) is 6.34. The van der Waals surface area contributed by atoms with Crippen molar-refractivity contribution in [2.24, 2.45) is 0 Å². The second-order valence-corrected chi connectivity index (χ2v) is 2.41. The highest BCUT2D eigenvalue weighted by Crippen LogP contribution is 2.30. The van der Waals surface area contributed by atoms with Crippen LogP contribution < -0.4 is 0 Å². The molecule has 0 amide bonds. The predicted molar refractivity (Wildman–Crippen MR) is 39.9 cm³/mol. The van der Waals surface area contributed by atoms with Gasteiger partial charge in [-0.05, 0) is 18.6 Å². The molecule has 0 saturated carbocycles. The van der Waals surface area contributed by atoms with E-state index in [4.69, 9.17) is 10.2 Å². The standard InChI is InChI=1S/C8H7FO3/c1-4-2-5(3-10)8(12)6(9)7(4)11/h2-3,11-12H,1H3. The van der Waals surface area contributed by atoms with Gasteiger partial charge in [-0.2, -0.15) is 4.39 Å². The quantitative estimate of drug-likeness (QED) is 0.625. The molecular formula is C8H7FO3. The first-order valence-electron chi connectivity index (χ1n) is 3.24. The van der Waals surface area contributed by atoms with Gasteiger partial charge in [-0.25, -0.2) is 0 Å². The summed E-state index contributed by atoms with van der Waals surface area (Å²) in [7, 11) is 0. The summed E-state index contributed by atoms with van der Waals surface area (Å²) in [6.07, 6.45) is 0.324. The summed E-state index contributed by atoms with van der Waals surface area (Å²) in [6, 6.07) is 1.21. The lowest BCUT2D eigenvalue weighted by molar-refractivity contribution is 0.112. The number of halogens is 1. The minimum absolute atomic E-state index is 0.164. The molecule has 0 saturated heterocycles. The highest BCUT2D eigenvalue weighted by atomic mass is 19.1. The highest BCUT2D eigenvalue weighted by molar-refractivity contribution is 5.80. The number of aldehydes is 1. The number of phenolic OH excluding ortho intramolecular Hbond substituents is 2. The maximum absolute atomic E-state index is 12.8. The van der Waals surface area contributed by atoms with Crippen molar-refractivity contribution in [1.82, 2.24) is 0 Å². The molecule has 2 N–H and O–H groups in total. The van der Waals surface area contributed by atoms with Crippen molar-refractivity contribution in [2.45, 2.75) is 6.92 Å². The number of phenols is 2. The second-order valence-electron chi connectivity index (χ2n) is 2.41. The molecule has 0 radical (unpaired) electrons. The summed E-state index contributed by atoms with van der Waals surface area (Å²) in [5, 5.41) is 17.9. The third-order valence-corrected chi connectivity index (χ3v) is 1.56. The SMILES string of the molecule is Cc1cc(C=O)c(O)c(F)c1O. The maximum Gasteiger partial charge on any atom is 0.207 e. The van der Waals surface area contributed by atoms with Gasteiger partial charge in [-0.1, -0.05) is 0 Å².